The third kappa shape index (κ3) is 2.84. The van der Waals surface area contributed by atoms with Crippen molar-refractivity contribution in [3.05, 3.63) is 71.8 Å². The van der Waals surface area contributed by atoms with Crippen molar-refractivity contribution in [3.8, 4) is 0 Å². The van der Waals surface area contributed by atoms with Crippen LogP contribution in [-0.2, 0) is 15.7 Å². The Labute approximate surface area is 115 Å². The van der Waals surface area contributed by atoms with E-state index in [1.165, 1.54) is 11.1 Å². The number of ether oxygens (including phenoxy) is 1. The molecule has 1 atom stereocenters. The molecule has 0 radical (unpaired) electrons. The van der Waals surface area contributed by atoms with E-state index in [2.05, 4.69) is 66.5 Å². The normalized spacial score (nSPS) is 14.1. The van der Waals surface area contributed by atoms with Crippen molar-refractivity contribution >= 4 is 15.0 Å². The van der Waals surface area contributed by atoms with Crippen molar-refractivity contribution in [1.29, 1.82) is 0 Å². The number of hydrogen-bond acceptors (Lipinski definition) is 1. The predicted octanol–water partition coefficient (Wildman–Crippen LogP) is 3.48. The number of methoxy groups -OCH3 is 1. The van der Waals surface area contributed by atoms with Crippen LogP contribution in [0.15, 0.2) is 60.7 Å². The first-order valence-electron chi connectivity index (χ1n) is 6.00. The van der Waals surface area contributed by atoms with E-state index >= 15 is 0 Å². The first kappa shape index (κ1) is 13.4. The van der Waals surface area contributed by atoms with Gasteiger partial charge in [0.1, 0.15) is 0 Å². The molecule has 0 spiro atoms. The summed E-state index contributed by atoms with van der Waals surface area (Å²) in [6, 6.07) is 21.1. The van der Waals surface area contributed by atoms with Gasteiger partial charge in [-0.1, -0.05) is 0 Å². The molecule has 0 bridgehead atoms. The van der Waals surface area contributed by atoms with E-state index in [0.29, 0.717) is 15.0 Å². The van der Waals surface area contributed by atoms with Crippen LogP contribution in [0, 0.1) is 0 Å². The first-order valence-corrected chi connectivity index (χ1v) is 8.57. The molecule has 18 heavy (non-hydrogen) atoms. The zero-order chi connectivity index (χ0) is 12.8. The fourth-order valence-corrected chi connectivity index (χ4v) is 3.90. The van der Waals surface area contributed by atoms with E-state index in [9.17, 15) is 0 Å². The maximum atomic E-state index is 5.90. The van der Waals surface area contributed by atoms with Crippen molar-refractivity contribution in [2.75, 3.05) is 7.11 Å². The fourth-order valence-electron chi connectivity index (χ4n) is 2.12. The van der Waals surface area contributed by atoms with Crippen molar-refractivity contribution in [3.63, 3.8) is 0 Å². The second-order valence-corrected chi connectivity index (χ2v) is 6.43. The van der Waals surface area contributed by atoms with Gasteiger partial charge in [-0.2, -0.15) is 0 Å². The Kier molecular flexibility index (Phi) is 4.59. The molecule has 1 unspecified atom stereocenters. The first-order chi connectivity index (χ1) is 8.80. The third-order valence-electron chi connectivity index (χ3n) is 3.15. The van der Waals surface area contributed by atoms with Gasteiger partial charge in [0.05, 0.1) is 0 Å². The topological polar surface area (TPSA) is 9.23 Å². The number of hydrogen-bond donors (Lipinski definition) is 0. The van der Waals surface area contributed by atoms with Crippen molar-refractivity contribution in [1.82, 2.24) is 0 Å². The van der Waals surface area contributed by atoms with Crippen LogP contribution in [-0.4, -0.2) is 22.1 Å². The Morgan fingerprint density at radius 1 is 0.944 bits per heavy atom. The molecule has 0 N–H and O–H groups in total. The summed E-state index contributed by atoms with van der Waals surface area (Å²) < 4.78 is 5.75. The molecule has 0 aromatic heterocycles. The molecule has 2 heteroatoms. The molecule has 2 rings (SSSR count). The van der Waals surface area contributed by atoms with Crippen molar-refractivity contribution in [2.45, 2.75) is 16.7 Å². The summed E-state index contributed by atoms with van der Waals surface area (Å²) in [6.07, 6.45) is 0.935. The van der Waals surface area contributed by atoms with E-state index < -0.39 is 0 Å². The fraction of sp³-hybridized carbons (Fsp3) is 0.250. The summed E-state index contributed by atoms with van der Waals surface area (Å²) >= 11 is 0.374. The summed E-state index contributed by atoms with van der Waals surface area (Å²) in [7, 11) is 1.82. The van der Waals surface area contributed by atoms with Gasteiger partial charge in [-0.25, -0.2) is 0 Å². The van der Waals surface area contributed by atoms with Crippen LogP contribution < -0.4 is 0 Å². The molecule has 0 saturated carbocycles. The van der Waals surface area contributed by atoms with Gasteiger partial charge in [-0.05, 0) is 0 Å². The van der Waals surface area contributed by atoms with E-state index in [4.69, 9.17) is 4.74 Å². The molecule has 0 heterocycles. The van der Waals surface area contributed by atoms with Gasteiger partial charge in [0.15, 0.2) is 0 Å². The van der Waals surface area contributed by atoms with Gasteiger partial charge >= 0.3 is 115 Å². The number of rotatable bonds is 5. The summed E-state index contributed by atoms with van der Waals surface area (Å²) in [5.74, 6) is 2.24. The molecule has 0 aliphatic rings. The average molecular weight is 305 g/mol. The summed E-state index contributed by atoms with van der Waals surface area (Å²) in [5, 5.41) is 0. The van der Waals surface area contributed by atoms with Crippen LogP contribution in [0.2, 0.25) is 5.82 Å². The summed E-state index contributed by atoms with van der Waals surface area (Å²) in [5.41, 5.74) is 2.60. The van der Waals surface area contributed by atoms with Crippen LogP contribution >= 0.6 is 0 Å². The zero-order valence-corrected chi connectivity index (χ0v) is 12.5. The van der Waals surface area contributed by atoms with Gasteiger partial charge in [0.25, 0.3) is 0 Å². The Morgan fingerprint density at radius 3 is 2.00 bits per heavy atom. The molecule has 94 valence electrons. The van der Waals surface area contributed by atoms with Gasteiger partial charge in [-0.15, -0.1) is 0 Å². The SMILES string of the molecule is COC(Cc1ccccc1)([Se]C)c1ccccc1. The molecule has 0 amide bonds. The standard InChI is InChI=1S/C16H18OSe/c1-17-16(18-2,15-11-7-4-8-12-15)13-14-9-5-3-6-10-14/h3-12H,13H2,1-2H3. The van der Waals surface area contributed by atoms with E-state index in [1.54, 1.807) is 0 Å². The Balaban J connectivity index is 2.33. The zero-order valence-electron chi connectivity index (χ0n) is 10.8. The van der Waals surface area contributed by atoms with Gasteiger partial charge in [0, 0.05) is 0 Å². The predicted molar refractivity (Wildman–Crippen MR) is 76.9 cm³/mol. The average Bonchev–Trinajstić information content (AvgIpc) is 2.47. The quantitative estimate of drug-likeness (QED) is 0.769. The van der Waals surface area contributed by atoms with E-state index in [0.717, 1.165) is 6.42 Å². The van der Waals surface area contributed by atoms with Crippen LogP contribution in [0.25, 0.3) is 0 Å². The minimum absolute atomic E-state index is 0.157. The van der Waals surface area contributed by atoms with Gasteiger partial charge in [-0.3, -0.25) is 0 Å². The molecule has 0 fully saturated rings. The Morgan fingerprint density at radius 2 is 1.50 bits per heavy atom. The minimum atomic E-state index is -0.157. The monoisotopic (exact) mass is 306 g/mol. The second kappa shape index (κ2) is 6.19. The third-order valence-corrected chi connectivity index (χ3v) is 5.68. The molecule has 2 aromatic rings. The van der Waals surface area contributed by atoms with Crippen molar-refractivity contribution < 1.29 is 4.74 Å². The summed E-state index contributed by atoms with van der Waals surface area (Å²) in [6.45, 7) is 0. The Bertz CT molecular complexity index is 463. The summed E-state index contributed by atoms with van der Waals surface area (Å²) in [4.78, 5) is 0. The van der Waals surface area contributed by atoms with Crippen LogP contribution in [0.5, 0.6) is 0 Å². The van der Waals surface area contributed by atoms with Crippen molar-refractivity contribution in [2.24, 2.45) is 0 Å². The van der Waals surface area contributed by atoms with Gasteiger partial charge in [0.2, 0.25) is 0 Å². The van der Waals surface area contributed by atoms with E-state index in [1.807, 2.05) is 7.11 Å². The molecule has 0 saturated heterocycles. The van der Waals surface area contributed by atoms with E-state index in [-0.39, 0.29) is 4.50 Å². The molecule has 2 aromatic carbocycles. The number of benzene rings is 2. The van der Waals surface area contributed by atoms with Crippen LogP contribution in [0.4, 0.5) is 0 Å². The molecular weight excluding hydrogens is 287 g/mol. The maximum absolute atomic E-state index is 5.90. The van der Waals surface area contributed by atoms with Crippen LogP contribution in [0.3, 0.4) is 0 Å². The molecular formula is C16H18OSe. The molecule has 0 aliphatic heterocycles. The Hall–Kier alpha value is -1.08. The molecule has 1 nitrogen and oxygen atoms in total. The van der Waals surface area contributed by atoms with Gasteiger partial charge < -0.3 is 0 Å². The second-order valence-electron chi connectivity index (χ2n) is 4.19. The molecule has 0 aliphatic carbocycles. The van der Waals surface area contributed by atoms with Crippen LogP contribution in [0.1, 0.15) is 11.1 Å².